The van der Waals surface area contributed by atoms with Crippen LogP contribution in [-0.4, -0.2) is 29.4 Å². The van der Waals surface area contributed by atoms with Crippen LogP contribution in [0.15, 0.2) is 0 Å². The fourth-order valence-electron chi connectivity index (χ4n) is 2.89. The molecular weight excluding hydrogens is 224 g/mol. The number of amides is 1. The molecule has 1 saturated heterocycles. The summed E-state index contributed by atoms with van der Waals surface area (Å²) in [5, 5.41) is 0. The largest absolute Gasteiger partial charge is 0.340 e. The maximum Gasteiger partial charge on any atom is 0.224 e. The lowest BCUT2D eigenvalue weighted by Gasteiger charge is -2.38. The normalized spacial score (nSPS) is 27.1. The summed E-state index contributed by atoms with van der Waals surface area (Å²) in [5.41, 5.74) is 6.29. The van der Waals surface area contributed by atoms with Crippen LogP contribution in [0, 0.1) is 11.3 Å². The number of carbonyl (C=O) groups excluding carboxylic acids is 1. The molecule has 106 valence electrons. The molecule has 3 atom stereocenters. The van der Waals surface area contributed by atoms with E-state index in [2.05, 4.69) is 34.6 Å². The second-order valence-electron chi connectivity index (χ2n) is 7.18. The van der Waals surface area contributed by atoms with Crippen molar-refractivity contribution >= 4 is 5.91 Å². The van der Waals surface area contributed by atoms with Gasteiger partial charge in [-0.1, -0.05) is 27.7 Å². The fourth-order valence-corrected chi connectivity index (χ4v) is 2.89. The molecule has 1 aliphatic rings. The Morgan fingerprint density at radius 3 is 2.56 bits per heavy atom. The summed E-state index contributed by atoms with van der Waals surface area (Å²) >= 11 is 0. The van der Waals surface area contributed by atoms with Crippen LogP contribution >= 0.6 is 0 Å². The van der Waals surface area contributed by atoms with Crippen molar-refractivity contribution < 1.29 is 4.79 Å². The van der Waals surface area contributed by atoms with Gasteiger partial charge < -0.3 is 10.6 Å². The highest BCUT2D eigenvalue weighted by atomic mass is 16.2. The Bertz CT molecular complexity index is 283. The number of hydrogen-bond donors (Lipinski definition) is 1. The lowest BCUT2D eigenvalue weighted by molar-refractivity contribution is -0.136. The second kappa shape index (κ2) is 6.05. The Hall–Kier alpha value is -0.570. The van der Waals surface area contributed by atoms with Gasteiger partial charge in [0.25, 0.3) is 0 Å². The number of rotatable bonds is 3. The summed E-state index contributed by atoms with van der Waals surface area (Å²) in [5.74, 6) is 0.854. The van der Waals surface area contributed by atoms with Crippen molar-refractivity contribution in [3.8, 4) is 0 Å². The molecule has 3 heteroatoms. The van der Waals surface area contributed by atoms with E-state index in [0.29, 0.717) is 18.4 Å². The molecule has 1 fully saturated rings. The molecule has 1 heterocycles. The molecule has 0 aromatic rings. The third-order valence-electron chi connectivity index (χ3n) is 4.01. The first-order valence-electron chi connectivity index (χ1n) is 7.26. The van der Waals surface area contributed by atoms with Crippen molar-refractivity contribution in [1.82, 2.24) is 4.90 Å². The molecular formula is C15H30N2O. The highest BCUT2D eigenvalue weighted by Gasteiger charge is 2.29. The van der Waals surface area contributed by atoms with Crippen LogP contribution in [0.3, 0.4) is 0 Å². The van der Waals surface area contributed by atoms with Crippen LogP contribution in [0.1, 0.15) is 60.3 Å². The van der Waals surface area contributed by atoms with Gasteiger partial charge in [-0.25, -0.2) is 0 Å². The Balaban J connectivity index is 2.49. The molecule has 1 rings (SSSR count). The molecule has 0 aliphatic carbocycles. The Morgan fingerprint density at radius 1 is 1.39 bits per heavy atom. The number of hydrogen-bond acceptors (Lipinski definition) is 2. The van der Waals surface area contributed by atoms with Crippen molar-refractivity contribution in [2.75, 3.05) is 6.54 Å². The Morgan fingerprint density at radius 2 is 2.00 bits per heavy atom. The standard InChI is InChI=1S/C15H30N2O/c1-11-7-6-8-17(12(11)2)14(18)9-13(16)10-15(3,4)5/h11-13H,6-10,16H2,1-5H3. The molecule has 0 aromatic carbocycles. The lowest BCUT2D eigenvalue weighted by atomic mass is 9.86. The molecule has 1 aliphatic heterocycles. The molecule has 2 N–H and O–H groups in total. The zero-order valence-electron chi connectivity index (χ0n) is 12.7. The van der Waals surface area contributed by atoms with Crippen molar-refractivity contribution in [1.29, 1.82) is 0 Å². The van der Waals surface area contributed by atoms with E-state index in [1.165, 1.54) is 6.42 Å². The van der Waals surface area contributed by atoms with E-state index in [1.807, 2.05) is 4.90 Å². The smallest absolute Gasteiger partial charge is 0.224 e. The van der Waals surface area contributed by atoms with E-state index in [9.17, 15) is 4.79 Å². The summed E-state index contributed by atoms with van der Waals surface area (Å²) in [6.07, 6.45) is 3.76. The van der Waals surface area contributed by atoms with Crippen LogP contribution in [0.2, 0.25) is 0 Å². The first kappa shape index (κ1) is 15.5. The topological polar surface area (TPSA) is 46.3 Å². The van der Waals surface area contributed by atoms with Gasteiger partial charge in [-0.05, 0) is 37.5 Å². The molecule has 18 heavy (non-hydrogen) atoms. The summed E-state index contributed by atoms with van der Waals surface area (Å²) in [6, 6.07) is 0.356. The third-order valence-corrected chi connectivity index (χ3v) is 4.01. The van der Waals surface area contributed by atoms with Crippen LogP contribution < -0.4 is 5.73 Å². The van der Waals surface area contributed by atoms with Gasteiger partial charge in [-0.2, -0.15) is 0 Å². The minimum absolute atomic E-state index is 0.0121. The van der Waals surface area contributed by atoms with E-state index in [-0.39, 0.29) is 17.4 Å². The van der Waals surface area contributed by atoms with Crippen LogP contribution in [-0.2, 0) is 4.79 Å². The van der Waals surface area contributed by atoms with Crippen LogP contribution in [0.4, 0.5) is 0 Å². The average Bonchev–Trinajstić information content (AvgIpc) is 2.18. The van der Waals surface area contributed by atoms with Crippen molar-refractivity contribution in [3.63, 3.8) is 0 Å². The number of carbonyl (C=O) groups is 1. The maximum atomic E-state index is 12.3. The third kappa shape index (κ3) is 4.60. The number of piperidine rings is 1. The SMILES string of the molecule is CC1CCCN(C(=O)CC(N)CC(C)(C)C)C1C. The molecule has 0 bridgehead atoms. The van der Waals surface area contributed by atoms with Gasteiger partial charge in [-0.3, -0.25) is 4.79 Å². The summed E-state index contributed by atoms with van der Waals surface area (Å²) in [7, 11) is 0. The molecule has 3 unspecified atom stereocenters. The minimum atomic E-state index is -0.0121. The first-order valence-corrected chi connectivity index (χ1v) is 7.26. The predicted octanol–water partition coefficient (Wildman–Crippen LogP) is 2.79. The van der Waals surface area contributed by atoms with Crippen molar-refractivity contribution in [2.24, 2.45) is 17.1 Å². The summed E-state index contributed by atoms with van der Waals surface area (Å²) < 4.78 is 0. The van der Waals surface area contributed by atoms with Gasteiger partial charge in [0.2, 0.25) is 5.91 Å². The molecule has 0 saturated carbocycles. The second-order valence-corrected chi connectivity index (χ2v) is 7.18. The minimum Gasteiger partial charge on any atom is -0.340 e. The van der Waals surface area contributed by atoms with Crippen LogP contribution in [0.25, 0.3) is 0 Å². The molecule has 0 radical (unpaired) electrons. The maximum absolute atomic E-state index is 12.3. The molecule has 1 amide bonds. The van der Waals surface area contributed by atoms with E-state index in [4.69, 9.17) is 5.73 Å². The monoisotopic (exact) mass is 254 g/mol. The number of likely N-dealkylation sites (tertiary alicyclic amines) is 1. The van der Waals surface area contributed by atoms with Crippen molar-refractivity contribution in [2.45, 2.75) is 72.4 Å². The van der Waals surface area contributed by atoms with E-state index in [0.717, 1.165) is 19.4 Å². The van der Waals surface area contributed by atoms with E-state index < -0.39 is 0 Å². The predicted molar refractivity (Wildman–Crippen MR) is 76.2 cm³/mol. The summed E-state index contributed by atoms with van der Waals surface area (Å²) in [6.45, 7) is 11.8. The average molecular weight is 254 g/mol. The zero-order chi connectivity index (χ0) is 13.9. The Labute approximate surface area is 112 Å². The molecule has 3 nitrogen and oxygen atoms in total. The van der Waals surface area contributed by atoms with Crippen molar-refractivity contribution in [3.05, 3.63) is 0 Å². The number of nitrogens with zero attached hydrogens (tertiary/aromatic N) is 1. The first-order chi connectivity index (χ1) is 8.20. The lowest BCUT2D eigenvalue weighted by Crippen LogP contribution is -2.47. The number of nitrogens with two attached hydrogens (primary N) is 1. The summed E-state index contributed by atoms with van der Waals surface area (Å²) in [4.78, 5) is 14.3. The van der Waals surface area contributed by atoms with Gasteiger partial charge in [0.1, 0.15) is 0 Å². The van der Waals surface area contributed by atoms with Crippen LogP contribution in [0.5, 0.6) is 0 Å². The highest BCUT2D eigenvalue weighted by molar-refractivity contribution is 5.77. The molecule has 0 spiro atoms. The highest BCUT2D eigenvalue weighted by Crippen LogP contribution is 2.25. The van der Waals surface area contributed by atoms with E-state index in [1.54, 1.807) is 0 Å². The molecule has 0 aromatic heterocycles. The quantitative estimate of drug-likeness (QED) is 0.842. The zero-order valence-corrected chi connectivity index (χ0v) is 12.7. The van der Waals surface area contributed by atoms with Gasteiger partial charge in [-0.15, -0.1) is 0 Å². The Kier molecular flexibility index (Phi) is 5.20. The van der Waals surface area contributed by atoms with Gasteiger partial charge in [0.05, 0.1) is 0 Å². The fraction of sp³-hybridized carbons (Fsp3) is 0.933. The van der Waals surface area contributed by atoms with Gasteiger partial charge in [0.15, 0.2) is 0 Å². The van der Waals surface area contributed by atoms with E-state index >= 15 is 0 Å². The van der Waals surface area contributed by atoms with Gasteiger partial charge in [0, 0.05) is 25.0 Å². The van der Waals surface area contributed by atoms with Gasteiger partial charge >= 0.3 is 0 Å².